The third-order valence-electron chi connectivity index (χ3n) is 3.45. The molecule has 0 spiro atoms. The highest BCUT2D eigenvalue weighted by molar-refractivity contribution is 7.09. The Labute approximate surface area is 124 Å². The van der Waals surface area contributed by atoms with Crippen molar-refractivity contribution in [3.63, 3.8) is 0 Å². The first-order chi connectivity index (χ1) is 9.72. The number of aryl methyl sites for hydroxylation is 1. The highest BCUT2D eigenvalue weighted by atomic mass is 32.1. The van der Waals surface area contributed by atoms with Gasteiger partial charge in [0.2, 0.25) is 0 Å². The number of carbonyl (C=O) groups is 1. The monoisotopic (exact) mass is 297 g/mol. The number of nitrogens with one attached hydrogen (secondary N) is 1. The molecule has 0 aliphatic carbocycles. The van der Waals surface area contributed by atoms with E-state index in [-0.39, 0.29) is 6.09 Å². The van der Waals surface area contributed by atoms with Crippen molar-refractivity contribution in [1.82, 2.24) is 15.2 Å². The second-order valence-electron chi connectivity index (χ2n) is 4.92. The molecule has 6 heteroatoms. The predicted molar refractivity (Wildman–Crippen MR) is 80.2 cm³/mol. The number of ether oxygens (including phenoxy) is 1. The van der Waals surface area contributed by atoms with Gasteiger partial charge in [-0.2, -0.15) is 0 Å². The Morgan fingerprint density at radius 3 is 3.15 bits per heavy atom. The Morgan fingerprint density at radius 1 is 1.60 bits per heavy atom. The van der Waals surface area contributed by atoms with Crippen molar-refractivity contribution in [3.05, 3.63) is 16.1 Å². The molecule has 1 aromatic heterocycles. The van der Waals surface area contributed by atoms with Crippen molar-refractivity contribution >= 4 is 17.4 Å². The molecular formula is C14H23N3O2S. The Bertz CT molecular complexity index is 436. The molecule has 0 aromatic carbocycles. The van der Waals surface area contributed by atoms with Crippen LogP contribution in [0, 0.1) is 0 Å². The van der Waals surface area contributed by atoms with Crippen molar-refractivity contribution in [2.24, 2.45) is 0 Å². The number of rotatable bonds is 6. The van der Waals surface area contributed by atoms with Gasteiger partial charge in [0, 0.05) is 37.5 Å². The van der Waals surface area contributed by atoms with Gasteiger partial charge in [0.1, 0.15) is 0 Å². The third kappa shape index (κ3) is 4.18. The first kappa shape index (κ1) is 15.3. The maximum Gasteiger partial charge on any atom is 0.409 e. The van der Waals surface area contributed by atoms with Gasteiger partial charge in [0.25, 0.3) is 0 Å². The zero-order valence-corrected chi connectivity index (χ0v) is 13.0. The zero-order valence-electron chi connectivity index (χ0n) is 12.2. The molecule has 1 N–H and O–H groups in total. The SMILES string of the molecule is CCOC(=O)N1CC[C@H](NCCc2nc(CC)cs2)C1. The molecule has 1 aliphatic heterocycles. The molecule has 1 saturated heterocycles. The van der Waals surface area contributed by atoms with Crippen molar-refractivity contribution in [2.45, 2.75) is 39.2 Å². The van der Waals surface area contributed by atoms with Crippen LogP contribution in [-0.4, -0.2) is 48.3 Å². The molecule has 0 bridgehead atoms. The Kier molecular flexibility index (Phi) is 5.79. The fourth-order valence-corrected chi connectivity index (χ4v) is 3.20. The number of carbonyl (C=O) groups excluding carboxylic acids is 1. The predicted octanol–water partition coefficient (Wildman–Crippen LogP) is 2.07. The van der Waals surface area contributed by atoms with Crippen LogP contribution < -0.4 is 5.32 Å². The van der Waals surface area contributed by atoms with E-state index in [0.717, 1.165) is 38.9 Å². The second kappa shape index (κ2) is 7.59. The first-order valence-corrected chi connectivity index (χ1v) is 8.19. The summed E-state index contributed by atoms with van der Waals surface area (Å²) in [6.07, 6.45) is 2.77. The molecular weight excluding hydrogens is 274 g/mol. The van der Waals surface area contributed by atoms with Gasteiger partial charge in [0.05, 0.1) is 17.3 Å². The maximum absolute atomic E-state index is 11.6. The summed E-state index contributed by atoms with van der Waals surface area (Å²) in [5.74, 6) is 0. The molecule has 1 atom stereocenters. The average molecular weight is 297 g/mol. The summed E-state index contributed by atoms with van der Waals surface area (Å²) in [4.78, 5) is 17.9. The van der Waals surface area contributed by atoms with Crippen molar-refractivity contribution < 1.29 is 9.53 Å². The summed E-state index contributed by atoms with van der Waals surface area (Å²) in [6.45, 7) is 6.85. The summed E-state index contributed by atoms with van der Waals surface area (Å²) in [5, 5.41) is 6.82. The molecule has 2 rings (SSSR count). The molecule has 2 heterocycles. The molecule has 1 aliphatic rings. The second-order valence-corrected chi connectivity index (χ2v) is 5.86. The number of likely N-dealkylation sites (tertiary alicyclic amines) is 1. The number of amides is 1. The molecule has 1 amide bonds. The van der Waals surface area contributed by atoms with Gasteiger partial charge in [0.15, 0.2) is 0 Å². The lowest BCUT2D eigenvalue weighted by molar-refractivity contribution is 0.115. The van der Waals surface area contributed by atoms with E-state index in [9.17, 15) is 4.79 Å². The highest BCUT2D eigenvalue weighted by Gasteiger charge is 2.26. The topological polar surface area (TPSA) is 54.5 Å². The Morgan fingerprint density at radius 2 is 2.45 bits per heavy atom. The van der Waals surface area contributed by atoms with Crippen LogP contribution in [0.5, 0.6) is 0 Å². The zero-order chi connectivity index (χ0) is 14.4. The van der Waals surface area contributed by atoms with Gasteiger partial charge >= 0.3 is 6.09 Å². The number of hydrogen-bond donors (Lipinski definition) is 1. The summed E-state index contributed by atoms with van der Waals surface area (Å²) in [5.41, 5.74) is 1.18. The van der Waals surface area contributed by atoms with Crippen LogP contribution in [0.15, 0.2) is 5.38 Å². The summed E-state index contributed by atoms with van der Waals surface area (Å²) < 4.78 is 5.01. The molecule has 1 fully saturated rings. The van der Waals surface area contributed by atoms with Crippen LogP contribution in [0.25, 0.3) is 0 Å². The van der Waals surface area contributed by atoms with Crippen LogP contribution in [0.2, 0.25) is 0 Å². The van der Waals surface area contributed by atoms with Crippen LogP contribution >= 0.6 is 11.3 Å². The van der Waals surface area contributed by atoms with Gasteiger partial charge in [-0.05, 0) is 19.8 Å². The van der Waals surface area contributed by atoms with Gasteiger partial charge in [-0.25, -0.2) is 9.78 Å². The van der Waals surface area contributed by atoms with E-state index in [1.165, 1.54) is 10.7 Å². The summed E-state index contributed by atoms with van der Waals surface area (Å²) in [7, 11) is 0. The quantitative estimate of drug-likeness (QED) is 0.873. The minimum atomic E-state index is -0.190. The standard InChI is InChI=1S/C14H23N3O2S/c1-3-11-10-20-13(16-11)5-7-15-12-6-8-17(9-12)14(18)19-4-2/h10,12,15H,3-9H2,1-2H3/t12-/m0/s1. The fraction of sp³-hybridized carbons (Fsp3) is 0.714. The maximum atomic E-state index is 11.6. The molecule has 1 aromatic rings. The number of aromatic nitrogens is 1. The van der Waals surface area contributed by atoms with Gasteiger partial charge in [-0.15, -0.1) is 11.3 Å². The summed E-state index contributed by atoms with van der Waals surface area (Å²) in [6, 6.07) is 0.380. The van der Waals surface area contributed by atoms with Crippen LogP contribution in [0.3, 0.4) is 0 Å². The third-order valence-corrected chi connectivity index (χ3v) is 4.41. The highest BCUT2D eigenvalue weighted by Crippen LogP contribution is 2.12. The lowest BCUT2D eigenvalue weighted by Crippen LogP contribution is -2.36. The lowest BCUT2D eigenvalue weighted by Gasteiger charge is -2.16. The Hall–Kier alpha value is -1.14. The molecule has 0 radical (unpaired) electrons. The van der Waals surface area contributed by atoms with E-state index in [1.807, 2.05) is 6.92 Å². The van der Waals surface area contributed by atoms with E-state index in [1.54, 1.807) is 16.2 Å². The van der Waals surface area contributed by atoms with Crippen LogP contribution in [0.4, 0.5) is 4.79 Å². The van der Waals surface area contributed by atoms with E-state index >= 15 is 0 Å². The number of hydrogen-bond acceptors (Lipinski definition) is 5. The summed E-state index contributed by atoms with van der Waals surface area (Å²) >= 11 is 1.73. The molecule has 0 unspecified atom stereocenters. The van der Waals surface area contributed by atoms with Crippen LogP contribution in [-0.2, 0) is 17.6 Å². The van der Waals surface area contributed by atoms with E-state index < -0.39 is 0 Å². The molecule has 0 saturated carbocycles. The average Bonchev–Trinajstić information content (AvgIpc) is 3.08. The van der Waals surface area contributed by atoms with Crippen LogP contribution in [0.1, 0.15) is 31.0 Å². The molecule has 20 heavy (non-hydrogen) atoms. The van der Waals surface area contributed by atoms with Crippen molar-refractivity contribution in [3.8, 4) is 0 Å². The van der Waals surface area contributed by atoms with Crippen molar-refractivity contribution in [2.75, 3.05) is 26.2 Å². The lowest BCUT2D eigenvalue weighted by atomic mass is 10.2. The van der Waals surface area contributed by atoms with E-state index in [2.05, 4.69) is 22.6 Å². The van der Waals surface area contributed by atoms with E-state index in [0.29, 0.717) is 12.6 Å². The normalized spacial score (nSPS) is 18.5. The number of nitrogens with zero attached hydrogens (tertiary/aromatic N) is 2. The minimum absolute atomic E-state index is 0.190. The minimum Gasteiger partial charge on any atom is -0.450 e. The van der Waals surface area contributed by atoms with E-state index in [4.69, 9.17) is 4.74 Å². The fourth-order valence-electron chi connectivity index (χ4n) is 2.32. The Balaban J connectivity index is 1.66. The first-order valence-electron chi connectivity index (χ1n) is 7.31. The largest absolute Gasteiger partial charge is 0.450 e. The molecule has 112 valence electrons. The van der Waals surface area contributed by atoms with Gasteiger partial charge < -0.3 is 15.0 Å². The number of thiazole rings is 1. The van der Waals surface area contributed by atoms with Gasteiger partial charge in [-0.3, -0.25) is 0 Å². The smallest absolute Gasteiger partial charge is 0.409 e. The van der Waals surface area contributed by atoms with Crippen molar-refractivity contribution in [1.29, 1.82) is 0 Å². The van der Waals surface area contributed by atoms with Gasteiger partial charge in [-0.1, -0.05) is 6.92 Å². The molecule has 5 nitrogen and oxygen atoms in total.